The lowest BCUT2D eigenvalue weighted by Crippen LogP contribution is -2.38. The molecule has 0 aliphatic carbocycles. The first-order chi connectivity index (χ1) is 7.97. The van der Waals surface area contributed by atoms with Crippen molar-refractivity contribution in [1.29, 1.82) is 0 Å². The Bertz CT molecular complexity index is 555. The monoisotopic (exact) mass is 253 g/mol. The Morgan fingerprint density at radius 1 is 1.53 bits per heavy atom. The average Bonchev–Trinajstić information content (AvgIpc) is 2.73. The molecule has 1 atom stereocenters. The third kappa shape index (κ3) is 2.28. The number of hydrogen-bond acceptors (Lipinski definition) is 4. The Labute approximate surface area is 101 Å². The molecule has 0 aromatic carbocycles. The van der Waals surface area contributed by atoms with E-state index in [1.165, 1.54) is 18.3 Å². The SMILES string of the molecule is Cc1cn2cc(C(=O)NC(C)C(=O)O)nc2s1. The molecule has 0 radical (unpaired) electrons. The summed E-state index contributed by atoms with van der Waals surface area (Å²) >= 11 is 1.47. The number of aliphatic carboxylic acids is 1. The molecule has 6 nitrogen and oxygen atoms in total. The summed E-state index contributed by atoms with van der Waals surface area (Å²) in [5, 5.41) is 11.0. The molecule has 0 aliphatic heterocycles. The molecule has 1 unspecified atom stereocenters. The Morgan fingerprint density at radius 3 is 2.82 bits per heavy atom. The lowest BCUT2D eigenvalue weighted by atomic mass is 10.3. The van der Waals surface area contributed by atoms with Crippen LogP contribution < -0.4 is 5.32 Å². The van der Waals surface area contributed by atoms with Crippen LogP contribution in [0, 0.1) is 6.92 Å². The fourth-order valence-electron chi connectivity index (χ4n) is 1.35. The third-order valence-electron chi connectivity index (χ3n) is 2.22. The van der Waals surface area contributed by atoms with E-state index in [4.69, 9.17) is 5.11 Å². The molecule has 7 heteroatoms. The van der Waals surface area contributed by atoms with Gasteiger partial charge < -0.3 is 10.4 Å². The summed E-state index contributed by atoms with van der Waals surface area (Å²) in [5.74, 6) is -1.55. The van der Waals surface area contributed by atoms with Crippen LogP contribution in [0.3, 0.4) is 0 Å². The number of fused-ring (bicyclic) bond motifs is 1. The summed E-state index contributed by atoms with van der Waals surface area (Å²) in [6.45, 7) is 3.36. The predicted octanol–water partition coefficient (Wildman–Crippen LogP) is 0.907. The maximum absolute atomic E-state index is 11.7. The number of nitrogens with one attached hydrogen (secondary N) is 1. The Balaban J connectivity index is 2.19. The molecule has 2 aromatic heterocycles. The zero-order valence-electron chi connectivity index (χ0n) is 9.30. The van der Waals surface area contributed by atoms with Crippen molar-refractivity contribution in [3.05, 3.63) is 23.0 Å². The summed E-state index contributed by atoms with van der Waals surface area (Å²) in [4.78, 5) is 28.2. The van der Waals surface area contributed by atoms with Crippen molar-refractivity contribution in [1.82, 2.24) is 14.7 Å². The van der Waals surface area contributed by atoms with Crippen LogP contribution in [0.2, 0.25) is 0 Å². The number of nitrogens with zero attached hydrogens (tertiary/aromatic N) is 2. The summed E-state index contributed by atoms with van der Waals surface area (Å²) < 4.78 is 1.75. The minimum Gasteiger partial charge on any atom is -0.480 e. The number of carboxylic acids is 1. The minimum absolute atomic E-state index is 0.226. The summed E-state index contributed by atoms with van der Waals surface area (Å²) in [7, 11) is 0. The van der Waals surface area contributed by atoms with Crippen LogP contribution in [0.25, 0.3) is 4.96 Å². The largest absolute Gasteiger partial charge is 0.480 e. The highest BCUT2D eigenvalue weighted by Crippen LogP contribution is 2.16. The van der Waals surface area contributed by atoms with E-state index < -0.39 is 17.9 Å². The van der Waals surface area contributed by atoms with Gasteiger partial charge in [0.1, 0.15) is 11.7 Å². The molecule has 2 aromatic rings. The van der Waals surface area contributed by atoms with E-state index in [0.717, 1.165) is 9.84 Å². The Morgan fingerprint density at radius 2 is 2.24 bits per heavy atom. The van der Waals surface area contributed by atoms with Crippen LogP contribution in [-0.4, -0.2) is 32.4 Å². The van der Waals surface area contributed by atoms with Gasteiger partial charge in [-0.15, -0.1) is 11.3 Å². The summed E-state index contributed by atoms with van der Waals surface area (Å²) in [5.41, 5.74) is 0.226. The lowest BCUT2D eigenvalue weighted by molar-refractivity contribution is -0.138. The number of amides is 1. The number of rotatable bonds is 3. The second-order valence-electron chi connectivity index (χ2n) is 3.69. The first kappa shape index (κ1) is 11.6. The van der Waals surface area contributed by atoms with Crippen molar-refractivity contribution < 1.29 is 14.7 Å². The smallest absolute Gasteiger partial charge is 0.325 e. The highest BCUT2D eigenvalue weighted by atomic mass is 32.1. The highest BCUT2D eigenvalue weighted by molar-refractivity contribution is 7.17. The molecule has 17 heavy (non-hydrogen) atoms. The van der Waals surface area contributed by atoms with Crippen molar-refractivity contribution in [2.75, 3.05) is 0 Å². The maximum atomic E-state index is 11.7. The van der Waals surface area contributed by atoms with Crippen molar-refractivity contribution in [3.63, 3.8) is 0 Å². The van der Waals surface area contributed by atoms with Gasteiger partial charge in [-0.2, -0.15) is 0 Å². The Kier molecular flexibility index (Phi) is 2.84. The molecule has 0 saturated carbocycles. The molecule has 0 fully saturated rings. The van der Waals surface area contributed by atoms with Crippen molar-refractivity contribution in [2.45, 2.75) is 19.9 Å². The van der Waals surface area contributed by atoms with Gasteiger partial charge in [0.2, 0.25) is 0 Å². The van der Waals surface area contributed by atoms with Gasteiger partial charge in [-0.1, -0.05) is 0 Å². The van der Waals surface area contributed by atoms with Crippen molar-refractivity contribution >= 4 is 28.2 Å². The summed E-state index contributed by atoms with van der Waals surface area (Å²) in [6.07, 6.45) is 3.45. The molecule has 2 N–H and O–H groups in total. The van der Waals surface area contributed by atoms with E-state index in [1.54, 1.807) is 10.6 Å². The van der Waals surface area contributed by atoms with Crippen molar-refractivity contribution in [3.8, 4) is 0 Å². The van der Waals surface area contributed by atoms with E-state index in [2.05, 4.69) is 10.3 Å². The third-order valence-corrected chi connectivity index (χ3v) is 3.13. The van der Waals surface area contributed by atoms with Crippen molar-refractivity contribution in [2.24, 2.45) is 0 Å². The number of carbonyl (C=O) groups excluding carboxylic acids is 1. The maximum Gasteiger partial charge on any atom is 0.325 e. The fraction of sp³-hybridized carbons (Fsp3) is 0.300. The number of hydrogen-bond donors (Lipinski definition) is 2. The molecule has 90 valence electrons. The molecule has 0 saturated heterocycles. The van der Waals surface area contributed by atoms with E-state index in [9.17, 15) is 9.59 Å². The highest BCUT2D eigenvalue weighted by Gasteiger charge is 2.17. The number of aryl methyl sites for hydroxylation is 1. The van der Waals surface area contributed by atoms with Gasteiger partial charge in [0, 0.05) is 17.3 Å². The van der Waals surface area contributed by atoms with Gasteiger partial charge in [-0.3, -0.25) is 14.0 Å². The molecule has 0 bridgehead atoms. The first-order valence-electron chi connectivity index (χ1n) is 4.96. The average molecular weight is 253 g/mol. The quantitative estimate of drug-likeness (QED) is 0.851. The molecule has 1 amide bonds. The van der Waals surface area contributed by atoms with Gasteiger partial charge in [0.05, 0.1) is 0 Å². The number of aromatic nitrogens is 2. The standard InChI is InChI=1S/C10H11N3O3S/c1-5-3-13-4-7(12-10(13)17-5)8(14)11-6(2)9(15)16/h3-4,6H,1-2H3,(H,11,14)(H,15,16). The predicted molar refractivity (Wildman–Crippen MR) is 62.4 cm³/mol. The lowest BCUT2D eigenvalue weighted by Gasteiger charge is -2.06. The number of imidazole rings is 1. The van der Waals surface area contributed by atoms with Crippen LogP contribution in [0.1, 0.15) is 22.3 Å². The van der Waals surface area contributed by atoms with Gasteiger partial charge in [0.15, 0.2) is 4.96 Å². The normalized spacial score (nSPS) is 12.6. The van der Waals surface area contributed by atoms with Gasteiger partial charge in [0.25, 0.3) is 5.91 Å². The van der Waals surface area contributed by atoms with Crippen LogP contribution >= 0.6 is 11.3 Å². The van der Waals surface area contributed by atoms with Crippen LogP contribution in [-0.2, 0) is 4.79 Å². The zero-order valence-corrected chi connectivity index (χ0v) is 10.1. The fourth-order valence-corrected chi connectivity index (χ4v) is 2.16. The van der Waals surface area contributed by atoms with E-state index in [0.29, 0.717) is 0 Å². The number of carbonyl (C=O) groups is 2. The molecule has 2 heterocycles. The molecule has 0 aliphatic rings. The van der Waals surface area contributed by atoms with Gasteiger partial charge >= 0.3 is 5.97 Å². The second kappa shape index (κ2) is 4.17. The molecular weight excluding hydrogens is 242 g/mol. The number of thiazole rings is 1. The van der Waals surface area contributed by atoms with Crippen LogP contribution in [0.5, 0.6) is 0 Å². The van der Waals surface area contributed by atoms with Crippen LogP contribution in [0.4, 0.5) is 0 Å². The molecule has 2 rings (SSSR count). The first-order valence-corrected chi connectivity index (χ1v) is 5.78. The minimum atomic E-state index is -1.07. The second-order valence-corrected chi connectivity index (χ2v) is 4.90. The van der Waals surface area contributed by atoms with E-state index in [1.807, 2.05) is 13.1 Å². The summed E-state index contributed by atoms with van der Waals surface area (Å²) in [6, 6.07) is -0.927. The Hall–Kier alpha value is -1.89. The van der Waals surface area contributed by atoms with Gasteiger partial charge in [-0.05, 0) is 13.8 Å². The van der Waals surface area contributed by atoms with Crippen LogP contribution in [0.15, 0.2) is 12.4 Å². The topological polar surface area (TPSA) is 83.7 Å². The molecular formula is C10H11N3O3S. The van der Waals surface area contributed by atoms with E-state index in [-0.39, 0.29) is 5.69 Å². The van der Waals surface area contributed by atoms with E-state index >= 15 is 0 Å². The zero-order chi connectivity index (χ0) is 12.6. The number of carboxylic acid groups (broad SMARTS) is 1. The van der Waals surface area contributed by atoms with Gasteiger partial charge in [-0.25, -0.2) is 4.98 Å². The molecule has 0 spiro atoms.